The number of hydrogen-bond acceptors (Lipinski definition) is 6. The maximum absolute atomic E-state index is 12.8. The van der Waals surface area contributed by atoms with Gasteiger partial charge in [0.05, 0.1) is 47.5 Å². The summed E-state index contributed by atoms with van der Waals surface area (Å²) >= 11 is 0. The zero-order valence-electron chi connectivity index (χ0n) is 14.6. The predicted molar refractivity (Wildman–Crippen MR) is 97.3 cm³/mol. The van der Waals surface area contributed by atoms with Crippen LogP contribution in [0.4, 0.5) is 11.4 Å². The van der Waals surface area contributed by atoms with Gasteiger partial charge in [0, 0.05) is 6.07 Å². The maximum atomic E-state index is 12.8. The number of aryl methyl sites for hydroxylation is 1. The highest BCUT2D eigenvalue weighted by molar-refractivity contribution is 7.85. The molecule has 1 aliphatic heterocycles. The van der Waals surface area contributed by atoms with Crippen molar-refractivity contribution in [1.82, 2.24) is 0 Å². The summed E-state index contributed by atoms with van der Waals surface area (Å²) in [5.74, 6) is 1.48. The number of nitrogens with zero attached hydrogens (tertiary/aromatic N) is 1. The minimum absolute atomic E-state index is 0.113. The molecule has 0 bridgehead atoms. The van der Waals surface area contributed by atoms with Gasteiger partial charge in [0.15, 0.2) is 11.7 Å². The van der Waals surface area contributed by atoms with Crippen LogP contribution >= 0.6 is 0 Å². The van der Waals surface area contributed by atoms with Crippen LogP contribution in [0.25, 0.3) is 0 Å². The number of fused-ring (bicyclic) bond motifs is 1. The molecule has 0 aliphatic carbocycles. The van der Waals surface area contributed by atoms with Crippen LogP contribution in [0.3, 0.4) is 0 Å². The standard InChI is InChI=1S/C17H21N3O4S/c1-10-8-20(21)15(11(2)16(10)24-4)9-25(22)17-18-13-6-5-12(23-3)7-14(13)19-17/h5-8,17-19H,9H2,1-4H3/t17-,25+/m1/s1. The highest BCUT2D eigenvalue weighted by atomic mass is 32.2. The summed E-state index contributed by atoms with van der Waals surface area (Å²) < 4.78 is 24.1. The molecule has 0 spiro atoms. The molecule has 1 aromatic heterocycles. The second-order valence-corrected chi connectivity index (χ2v) is 7.37. The Hall–Kier alpha value is -2.48. The van der Waals surface area contributed by atoms with Crippen LogP contribution in [0, 0.1) is 19.1 Å². The fourth-order valence-electron chi connectivity index (χ4n) is 2.95. The lowest BCUT2D eigenvalue weighted by Gasteiger charge is -2.15. The molecule has 2 aromatic rings. The molecule has 0 amide bonds. The summed E-state index contributed by atoms with van der Waals surface area (Å²) in [4.78, 5) is 0. The first kappa shape index (κ1) is 17.3. The molecule has 134 valence electrons. The molecule has 2 heterocycles. The highest BCUT2D eigenvalue weighted by Gasteiger charge is 2.28. The predicted octanol–water partition coefficient (Wildman–Crippen LogP) is 2.02. The molecule has 0 saturated carbocycles. The van der Waals surface area contributed by atoms with Crippen LogP contribution in [-0.2, 0) is 16.6 Å². The molecule has 3 rings (SSSR count). The molecular formula is C17H21N3O4S. The van der Waals surface area contributed by atoms with Crippen molar-refractivity contribution in [3.8, 4) is 11.5 Å². The smallest absolute Gasteiger partial charge is 0.212 e. The summed E-state index contributed by atoms with van der Waals surface area (Å²) in [6, 6.07) is 5.54. The molecule has 0 radical (unpaired) electrons. The Balaban J connectivity index is 1.80. The summed E-state index contributed by atoms with van der Waals surface area (Å²) in [5.41, 5.74) is 3.11. The second-order valence-electron chi connectivity index (χ2n) is 5.85. The lowest BCUT2D eigenvalue weighted by molar-refractivity contribution is -0.613. The molecule has 2 atom stereocenters. The Morgan fingerprint density at radius 3 is 2.60 bits per heavy atom. The van der Waals surface area contributed by atoms with Gasteiger partial charge in [0.2, 0.25) is 5.69 Å². The molecule has 8 heteroatoms. The third-order valence-electron chi connectivity index (χ3n) is 4.25. The number of ether oxygens (including phenoxy) is 2. The van der Waals surface area contributed by atoms with E-state index in [0.717, 1.165) is 27.4 Å². The first-order valence-corrected chi connectivity index (χ1v) is 9.17. The normalized spacial score (nSPS) is 16.6. The molecule has 0 fully saturated rings. The number of benzene rings is 1. The number of anilines is 2. The molecular weight excluding hydrogens is 342 g/mol. The summed E-state index contributed by atoms with van der Waals surface area (Å²) in [5, 5.41) is 18.6. The fraction of sp³-hybridized carbons (Fsp3) is 0.353. The minimum atomic E-state index is -1.36. The van der Waals surface area contributed by atoms with Crippen LogP contribution in [0.5, 0.6) is 11.5 Å². The third kappa shape index (κ3) is 3.21. The lowest BCUT2D eigenvalue weighted by atomic mass is 10.1. The first-order valence-electron chi connectivity index (χ1n) is 7.79. The van der Waals surface area contributed by atoms with E-state index in [1.807, 2.05) is 32.0 Å². The van der Waals surface area contributed by atoms with Gasteiger partial charge in [-0.15, -0.1) is 0 Å². The van der Waals surface area contributed by atoms with Crippen molar-refractivity contribution in [3.63, 3.8) is 0 Å². The molecule has 25 heavy (non-hydrogen) atoms. The Morgan fingerprint density at radius 2 is 1.92 bits per heavy atom. The van der Waals surface area contributed by atoms with E-state index in [2.05, 4.69) is 10.6 Å². The molecule has 0 saturated heterocycles. The van der Waals surface area contributed by atoms with Crippen molar-refractivity contribution in [3.05, 3.63) is 46.4 Å². The molecule has 7 nitrogen and oxygen atoms in total. The van der Waals surface area contributed by atoms with Gasteiger partial charge >= 0.3 is 0 Å². The Labute approximate surface area is 149 Å². The van der Waals surface area contributed by atoms with E-state index in [4.69, 9.17) is 9.47 Å². The van der Waals surface area contributed by atoms with Gasteiger partial charge in [-0.3, -0.25) is 4.21 Å². The lowest BCUT2D eigenvalue weighted by Crippen LogP contribution is -2.37. The van der Waals surface area contributed by atoms with E-state index in [1.54, 1.807) is 14.2 Å². The Bertz CT molecular complexity index is 841. The van der Waals surface area contributed by atoms with Crippen LogP contribution in [0.2, 0.25) is 0 Å². The van der Waals surface area contributed by atoms with Crippen molar-refractivity contribution >= 4 is 22.2 Å². The van der Waals surface area contributed by atoms with Gasteiger partial charge in [0.25, 0.3) is 0 Å². The minimum Gasteiger partial charge on any atom is -0.618 e. The van der Waals surface area contributed by atoms with E-state index in [-0.39, 0.29) is 5.75 Å². The van der Waals surface area contributed by atoms with Gasteiger partial charge in [-0.25, -0.2) is 0 Å². The monoisotopic (exact) mass is 363 g/mol. The van der Waals surface area contributed by atoms with Crippen molar-refractivity contribution in [2.75, 3.05) is 24.9 Å². The van der Waals surface area contributed by atoms with Crippen molar-refractivity contribution in [2.45, 2.75) is 25.1 Å². The number of methoxy groups -OCH3 is 2. The summed E-state index contributed by atoms with van der Waals surface area (Å²) in [7, 11) is 1.80. The molecule has 1 aromatic carbocycles. The Kier molecular flexibility index (Phi) is 4.71. The summed E-state index contributed by atoms with van der Waals surface area (Å²) in [6.07, 6.45) is 1.45. The van der Waals surface area contributed by atoms with E-state index in [0.29, 0.717) is 17.0 Å². The SMILES string of the molecule is COc1ccc2c(c1)N[C@H]([S@@](=O)Cc1c(C)c(OC)c(C)c[n+]1[O-])N2. The van der Waals surface area contributed by atoms with E-state index < -0.39 is 16.3 Å². The van der Waals surface area contributed by atoms with Crippen molar-refractivity contribution in [1.29, 1.82) is 0 Å². The molecule has 0 unspecified atom stereocenters. The average molecular weight is 363 g/mol. The Morgan fingerprint density at radius 1 is 1.20 bits per heavy atom. The zero-order valence-corrected chi connectivity index (χ0v) is 15.4. The maximum Gasteiger partial charge on any atom is 0.212 e. The number of nitrogens with one attached hydrogen (secondary N) is 2. The van der Waals surface area contributed by atoms with Gasteiger partial charge in [-0.2, -0.15) is 4.73 Å². The molecule has 2 N–H and O–H groups in total. The number of rotatable bonds is 5. The number of pyridine rings is 1. The quantitative estimate of drug-likeness (QED) is 0.624. The van der Waals surface area contributed by atoms with E-state index in [1.165, 1.54) is 6.20 Å². The highest BCUT2D eigenvalue weighted by Crippen LogP contribution is 2.34. The topological polar surface area (TPSA) is 86.5 Å². The van der Waals surface area contributed by atoms with E-state index in [9.17, 15) is 9.42 Å². The van der Waals surface area contributed by atoms with Crippen LogP contribution < -0.4 is 24.8 Å². The number of aromatic nitrogens is 1. The number of hydrogen-bond donors (Lipinski definition) is 2. The van der Waals surface area contributed by atoms with Crippen LogP contribution in [-0.4, -0.2) is 23.9 Å². The van der Waals surface area contributed by atoms with Crippen molar-refractivity contribution < 1.29 is 18.4 Å². The van der Waals surface area contributed by atoms with Gasteiger partial charge < -0.3 is 25.3 Å². The average Bonchev–Trinajstić information content (AvgIpc) is 3.01. The van der Waals surface area contributed by atoms with Gasteiger partial charge in [-0.05, 0) is 26.0 Å². The third-order valence-corrected chi connectivity index (χ3v) is 5.57. The van der Waals surface area contributed by atoms with Gasteiger partial charge in [0.1, 0.15) is 17.3 Å². The summed E-state index contributed by atoms with van der Waals surface area (Å²) in [6.45, 7) is 3.62. The van der Waals surface area contributed by atoms with Crippen LogP contribution in [0.15, 0.2) is 24.4 Å². The van der Waals surface area contributed by atoms with Gasteiger partial charge in [-0.1, -0.05) is 0 Å². The van der Waals surface area contributed by atoms with Crippen LogP contribution in [0.1, 0.15) is 16.8 Å². The second kappa shape index (κ2) is 6.79. The zero-order chi connectivity index (χ0) is 18.1. The van der Waals surface area contributed by atoms with Crippen molar-refractivity contribution in [2.24, 2.45) is 0 Å². The first-order chi connectivity index (χ1) is 11.9. The molecule has 1 aliphatic rings. The van der Waals surface area contributed by atoms with E-state index >= 15 is 0 Å². The largest absolute Gasteiger partial charge is 0.618 e. The fourth-order valence-corrected chi connectivity index (χ4v) is 4.25.